The fourth-order valence-electron chi connectivity index (χ4n) is 5.96. The zero-order chi connectivity index (χ0) is 22.9. The second-order valence-electron chi connectivity index (χ2n) is 10.3. The molecular weight excluding hydrogens is 418 g/mol. The molecule has 7 nitrogen and oxygen atoms in total. The van der Waals surface area contributed by atoms with Crippen LogP contribution in [-0.4, -0.2) is 47.4 Å². The molecule has 3 fully saturated rings. The van der Waals surface area contributed by atoms with Crippen LogP contribution in [-0.2, 0) is 16.1 Å². The normalized spacial score (nSPS) is 31.7. The molecule has 2 N–H and O–H groups in total. The van der Waals surface area contributed by atoms with Crippen LogP contribution in [0.2, 0.25) is 0 Å². The predicted octanol–water partition coefficient (Wildman–Crippen LogP) is 3.16. The molecular formula is C26H35N3O4. The summed E-state index contributed by atoms with van der Waals surface area (Å²) in [7, 11) is 0. The summed E-state index contributed by atoms with van der Waals surface area (Å²) in [5.74, 6) is 1.73. The molecule has 33 heavy (non-hydrogen) atoms. The lowest BCUT2D eigenvalue weighted by atomic mass is 9.73. The van der Waals surface area contributed by atoms with E-state index in [9.17, 15) is 14.4 Å². The Labute approximate surface area is 195 Å². The van der Waals surface area contributed by atoms with E-state index in [4.69, 9.17) is 4.74 Å². The Kier molecular flexibility index (Phi) is 6.41. The first-order valence-corrected chi connectivity index (χ1v) is 12.7. The van der Waals surface area contributed by atoms with Crippen molar-refractivity contribution in [3.05, 3.63) is 29.3 Å². The van der Waals surface area contributed by atoms with Crippen LogP contribution in [0.3, 0.4) is 0 Å². The Balaban J connectivity index is 1.21. The van der Waals surface area contributed by atoms with Gasteiger partial charge in [0.05, 0.1) is 0 Å². The highest BCUT2D eigenvalue weighted by atomic mass is 16.5. The van der Waals surface area contributed by atoms with Gasteiger partial charge in [0.2, 0.25) is 11.8 Å². The number of amides is 3. The summed E-state index contributed by atoms with van der Waals surface area (Å²) in [6, 6.07) is 5.45. The molecule has 7 heteroatoms. The van der Waals surface area contributed by atoms with Gasteiger partial charge in [-0.1, -0.05) is 19.8 Å². The molecule has 4 aliphatic rings. The minimum Gasteiger partial charge on any atom is -0.489 e. The lowest BCUT2D eigenvalue weighted by Crippen LogP contribution is -2.52. The molecule has 1 saturated heterocycles. The van der Waals surface area contributed by atoms with Crippen molar-refractivity contribution in [2.75, 3.05) is 6.54 Å². The quantitative estimate of drug-likeness (QED) is 0.619. The first-order valence-electron chi connectivity index (χ1n) is 12.7. The Morgan fingerprint density at radius 2 is 1.91 bits per heavy atom. The maximum absolute atomic E-state index is 12.9. The number of rotatable bonds is 7. The van der Waals surface area contributed by atoms with E-state index in [2.05, 4.69) is 17.6 Å². The number of hydrogen-bond donors (Lipinski definition) is 2. The summed E-state index contributed by atoms with van der Waals surface area (Å²) < 4.78 is 6.45. The summed E-state index contributed by atoms with van der Waals surface area (Å²) in [6.07, 6.45) is 9.38. The van der Waals surface area contributed by atoms with Gasteiger partial charge in [0, 0.05) is 24.6 Å². The van der Waals surface area contributed by atoms with E-state index in [1.165, 1.54) is 32.1 Å². The largest absolute Gasteiger partial charge is 0.489 e. The van der Waals surface area contributed by atoms with Crippen LogP contribution in [0, 0.1) is 11.8 Å². The van der Waals surface area contributed by atoms with E-state index in [1.54, 1.807) is 4.90 Å². The number of hydrogen-bond acceptors (Lipinski definition) is 5. The molecule has 0 aromatic heterocycles. The Morgan fingerprint density at radius 3 is 2.70 bits per heavy atom. The second-order valence-corrected chi connectivity index (χ2v) is 10.3. The highest BCUT2D eigenvalue weighted by molar-refractivity contribution is 6.05. The Hall–Kier alpha value is -2.41. The van der Waals surface area contributed by atoms with Crippen molar-refractivity contribution >= 4 is 17.7 Å². The van der Waals surface area contributed by atoms with Gasteiger partial charge in [0.25, 0.3) is 5.91 Å². The van der Waals surface area contributed by atoms with Crippen LogP contribution in [0.5, 0.6) is 5.75 Å². The minimum absolute atomic E-state index is 0.141. The molecule has 0 bridgehead atoms. The van der Waals surface area contributed by atoms with Gasteiger partial charge in [0.15, 0.2) is 0 Å². The number of imide groups is 1. The Bertz CT molecular complexity index is 926. The highest BCUT2D eigenvalue weighted by Crippen LogP contribution is 2.36. The van der Waals surface area contributed by atoms with E-state index in [0.717, 1.165) is 42.5 Å². The number of carbonyl (C=O) groups is 3. The number of carbonyl (C=O) groups excluding carboxylic acids is 3. The van der Waals surface area contributed by atoms with Crippen molar-refractivity contribution in [3.63, 3.8) is 0 Å². The van der Waals surface area contributed by atoms with Gasteiger partial charge in [-0.05, 0) is 80.7 Å². The molecule has 2 aliphatic heterocycles. The molecule has 2 aliphatic carbocycles. The van der Waals surface area contributed by atoms with E-state index >= 15 is 0 Å². The van der Waals surface area contributed by atoms with Gasteiger partial charge in [-0.25, -0.2) is 0 Å². The van der Waals surface area contributed by atoms with Gasteiger partial charge in [-0.2, -0.15) is 0 Å². The first-order chi connectivity index (χ1) is 16.0. The maximum atomic E-state index is 12.9. The van der Waals surface area contributed by atoms with Crippen molar-refractivity contribution < 1.29 is 19.1 Å². The van der Waals surface area contributed by atoms with Crippen molar-refractivity contribution in [1.29, 1.82) is 0 Å². The number of piperidine rings is 1. The van der Waals surface area contributed by atoms with E-state index in [-0.39, 0.29) is 30.2 Å². The van der Waals surface area contributed by atoms with Crippen LogP contribution >= 0.6 is 0 Å². The van der Waals surface area contributed by atoms with Gasteiger partial charge in [-0.3, -0.25) is 19.7 Å². The van der Waals surface area contributed by atoms with Crippen molar-refractivity contribution in [2.24, 2.45) is 11.8 Å². The fraction of sp³-hybridized carbons (Fsp3) is 0.654. The first kappa shape index (κ1) is 22.4. The molecule has 0 spiro atoms. The smallest absolute Gasteiger partial charge is 0.255 e. The van der Waals surface area contributed by atoms with Crippen molar-refractivity contribution in [1.82, 2.24) is 15.5 Å². The SMILES string of the molecule is CCC1CC(CN[C@H]2CCCC[C@@H]2Oc2ccc3c(c2)CN(C2CCC(=O)NC2=O)C3=O)C1. The number of nitrogens with one attached hydrogen (secondary N) is 2. The zero-order valence-corrected chi connectivity index (χ0v) is 19.5. The standard InChI is InChI=1S/C26H35N3O4/c1-2-16-11-17(12-16)14-27-21-5-3-4-6-23(21)33-19-7-8-20-18(13-19)15-29(26(20)32)22-9-10-24(30)28-25(22)31/h7-8,13,16-17,21-23,27H,2-6,9-12,14-15H2,1H3,(H,28,30,31)/t16?,17?,21-,22?,23-/m0/s1. The van der Waals surface area contributed by atoms with Gasteiger partial charge >= 0.3 is 0 Å². The van der Waals surface area contributed by atoms with Gasteiger partial charge < -0.3 is 15.0 Å². The molecule has 0 radical (unpaired) electrons. The third-order valence-electron chi connectivity index (χ3n) is 8.06. The van der Waals surface area contributed by atoms with E-state index < -0.39 is 6.04 Å². The number of benzene rings is 1. The van der Waals surface area contributed by atoms with E-state index in [1.807, 2.05) is 18.2 Å². The molecule has 178 valence electrons. The van der Waals surface area contributed by atoms with Crippen LogP contribution in [0.15, 0.2) is 18.2 Å². The summed E-state index contributed by atoms with van der Waals surface area (Å²) in [5, 5.41) is 6.15. The molecule has 1 aromatic rings. The molecule has 2 heterocycles. The maximum Gasteiger partial charge on any atom is 0.255 e. The third kappa shape index (κ3) is 4.65. The number of fused-ring (bicyclic) bond motifs is 1. The van der Waals surface area contributed by atoms with Crippen molar-refractivity contribution in [3.8, 4) is 5.75 Å². The van der Waals surface area contributed by atoms with Crippen molar-refractivity contribution in [2.45, 2.75) is 89.4 Å². The molecule has 1 unspecified atom stereocenters. The van der Waals surface area contributed by atoms with Crippen LogP contribution < -0.4 is 15.4 Å². The monoisotopic (exact) mass is 453 g/mol. The molecule has 2 saturated carbocycles. The molecule has 1 aromatic carbocycles. The minimum atomic E-state index is -0.585. The topological polar surface area (TPSA) is 87.7 Å². The average Bonchev–Trinajstić information content (AvgIpc) is 3.09. The van der Waals surface area contributed by atoms with E-state index in [0.29, 0.717) is 24.6 Å². The molecule has 5 rings (SSSR count). The van der Waals surface area contributed by atoms with Gasteiger partial charge in [-0.15, -0.1) is 0 Å². The van der Waals surface area contributed by atoms with Crippen LogP contribution in [0.4, 0.5) is 0 Å². The third-order valence-corrected chi connectivity index (χ3v) is 8.06. The predicted molar refractivity (Wildman–Crippen MR) is 124 cm³/mol. The molecule has 3 amide bonds. The summed E-state index contributed by atoms with van der Waals surface area (Å²) in [6.45, 7) is 3.75. The lowest BCUT2D eigenvalue weighted by molar-refractivity contribution is -0.136. The zero-order valence-electron chi connectivity index (χ0n) is 19.5. The number of nitrogens with zero attached hydrogens (tertiary/aromatic N) is 1. The van der Waals surface area contributed by atoms with Gasteiger partial charge in [0.1, 0.15) is 17.9 Å². The average molecular weight is 454 g/mol. The highest BCUT2D eigenvalue weighted by Gasteiger charge is 2.39. The fourth-order valence-corrected chi connectivity index (χ4v) is 5.96. The molecule has 3 atom stereocenters. The number of ether oxygens (including phenoxy) is 1. The van der Waals surface area contributed by atoms with Crippen LogP contribution in [0.1, 0.15) is 80.6 Å². The summed E-state index contributed by atoms with van der Waals surface area (Å²) >= 11 is 0. The summed E-state index contributed by atoms with van der Waals surface area (Å²) in [4.78, 5) is 38.2. The lowest BCUT2D eigenvalue weighted by Gasteiger charge is -2.38. The Morgan fingerprint density at radius 1 is 1.09 bits per heavy atom. The van der Waals surface area contributed by atoms with Crippen LogP contribution in [0.25, 0.3) is 0 Å². The summed E-state index contributed by atoms with van der Waals surface area (Å²) in [5.41, 5.74) is 1.52. The second kappa shape index (κ2) is 9.45.